The molecule has 17 heavy (non-hydrogen) atoms. The third-order valence-electron chi connectivity index (χ3n) is 2.68. The lowest BCUT2D eigenvalue weighted by Gasteiger charge is -2.06. The summed E-state index contributed by atoms with van der Waals surface area (Å²) in [5.41, 5.74) is 1.59. The number of phenols is 1. The fraction of sp³-hybridized carbons (Fsp3) is 0.231. The van der Waals surface area contributed by atoms with Crippen molar-refractivity contribution in [3.05, 3.63) is 36.0 Å². The van der Waals surface area contributed by atoms with E-state index in [1.807, 2.05) is 18.2 Å². The first-order valence-electron chi connectivity index (χ1n) is 5.46. The maximum absolute atomic E-state index is 10.5. The minimum Gasteiger partial charge on any atom is -0.506 e. The molecule has 2 N–H and O–H groups in total. The van der Waals surface area contributed by atoms with Crippen molar-refractivity contribution in [3.63, 3.8) is 0 Å². The Bertz CT molecular complexity index is 551. The van der Waals surface area contributed by atoms with Crippen LogP contribution in [0.2, 0.25) is 0 Å². The Morgan fingerprint density at radius 1 is 1.29 bits per heavy atom. The Labute approximate surface area is 98.5 Å². The van der Waals surface area contributed by atoms with Crippen molar-refractivity contribution in [1.82, 2.24) is 4.98 Å². The van der Waals surface area contributed by atoms with Gasteiger partial charge in [0.25, 0.3) is 0 Å². The summed E-state index contributed by atoms with van der Waals surface area (Å²) in [7, 11) is 0. The number of aromatic hydroxyl groups is 1. The zero-order valence-corrected chi connectivity index (χ0v) is 9.26. The van der Waals surface area contributed by atoms with E-state index in [0.717, 1.165) is 10.9 Å². The van der Waals surface area contributed by atoms with Crippen LogP contribution in [0.1, 0.15) is 18.4 Å². The summed E-state index contributed by atoms with van der Waals surface area (Å²) < 4.78 is 0. The molecule has 2 aromatic rings. The molecule has 0 spiro atoms. The van der Waals surface area contributed by atoms with Gasteiger partial charge in [-0.15, -0.1) is 0 Å². The average Bonchev–Trinajstić information content (AvgIpc) is 2.32. The second kappa shape index (κ2) is 4.82. The van der Waals surface area contributed by atoms with Gasteiger partial charge >= 0.3 is 5.97 Å². The Morgan fingerprint density at radius 2 is 2.12 bits per heavy atom. The first-order valence-corrected chi connectivity index (χ1v) is 5.46. The first kappa shape index (κ1) is 11.4. The number of aromatic nitrogens is 1. The number of carboxylic acid groups (broad SMARTS) is 1. The van der Waals surface area contributed by atoms with Crippen LogP contribution in [-0.2, 0) is 11.2 Å². The number of carboxylic acids is 1. The highest BCUT2D eigenvalue weighted by Crippen LogP contribution is 2.26. The molecule has 0 aliphatic rings. The molecule has 0 atom stereocenters. The van der Waals surface area contributed by atoms with Gasteiger partial charge in [0.15, 0.2) is 0 Å². The predicted molar refractivity (Wildman–Crippen MR) is 64.0 cm³/mol. The number of nitrogens with zero attached hydrogens (tertiary/aromatic N) is 1. The Balaban J connectivity index is 2.28. The van der Waals surface area contributed by atoms with Gasteiger partial charge in [-0.05, 0) is 30.5 Å². The molecule has 4 heteroatoms. The number of carbonyl (C=O) groups is 1. The van der Waals surface area contributed by atoms with Crippen molar-refractivity contribution in [2.24, 2.45) is 0 Å². The molecule has 0 saturated carbocycles. The largest absolute Gasteiger partial charge is 0.506 e. The van der Waals surface area contributed by atoms with Crippen LogP contribution in [0.5, 0.6) is 5.75 Å². The van der Waals surface area contributed by atoms with Gasteiger partial charge in [-0.3, -0.25) is 9.78 Å². The average molecular weight is 231 g/mol. The number of fused-ring (bicyclic) bond motifs is 1. The molecule has 0 saturated heterocycles. The molecule has 2 rings (SSSR count). The van der Waals surface area contributed by atoms with Crippen LogP contribution in [0.15, 0.2) is 30.5 Å². The number of aryl methyl sites for hydroxylation is 1. The highest BCUT2D eigenvalue weighted by molar-refractivity contribution is 5.87. The van der Waals surface area contributed by atoms with E-state index in [2.05, 4.69) is 4.98 Å². The molecule has 0 radical (unpaired) electrons. The second-order valence-corrected chi connectivity index (χ2v) is 3.89. The summed E-state index contributed by atoms with van der Waals surface area (Å²) in [4.78, 5) is 14.6. The van der Waals surface area contributed by atoms with Crippen LogP contribution >= 0.6 is 0 Å². The topological polar surface area (TPSA) is 70.4 Å². The van der Waals surface area contributed by atoms with Crippen LogP contribution in [-0.4, -0.2) is 21.2 Å². The van der Waals surface area contributed by atoms with Gasteiger partial charge in [-0.25, -0.2) is 0 Å². The standard InChI is InChI=1S/C13H13NO3/c15-11-7-6-9(3-1-5-12(16)17)10-4-2-8-14-13(10)11/h2,4,6-8,15H,1,3,5H2,(H,16,17). The van der Waals surface area contributed by atoms with Gasteiger partial charge < -0.3 is 10.2 Å². The van der Waals surface area contributed by atoms with Crippen molar-refractivity contribution in [3.8, 4) is 5.75 Å². The lowest BCUT2D eigenvalue weighted by molar-refractivity contribution is -0.137. The number of benzene rings is 1. The summed E-state index contributed by atoms with van der Waals surface area (Å²) in [5, 5.41) is 19.1. The molecule has 88 valence electrons. The Morgan fingerprint density at radius 3 is 2.88 bits per heavy atom. The maximum Gasteiger partial charge on any atom is 0.303 e. The SMILES string of the molecule is O=C(O)CCCc1ccc(O)c2ncccc12. The fourth-order valence-electron chi connectivity index (χ4n) is 1.86. The van der Waals surface area contributed by atoms with Crippen molar-refractivity contribution >= 4 is 16.9 Å². The molecule has 0 amide bonds. The summed E-state index contributed by atoms with van der Waals surface area (Å²) >= 11 is 0. The van der Waals surface area contributed by atoms with E-state index < -0.39 is 5.97 Å². The molecule has 4 nitrogen and oxygen atoms in total. The minimum atomic E-state index is -0.786. The van der Waals surface area contributed by atoms with Crippen molar-refractivity contribution in [2.45, 2.75) is 19.3 Å². The van der Waals surface area contributed by atoms with Gasteiger partial charge in [0.05, 0.1) is 0 Å². The molecule has 0 bridgehead atoms. The third-order valence-corrected chi connectivity index (χ3v) is 2.68. The maximum atomic E-state index is 10.5. The molecular formula is C13H13NO3. The van der Waals surface area contributed by atoms with Gasteiger partial charge in [-0.1, -0.05) is 12.1 Å². The smallest absolute Gasteiger partial charge is 0.303 e. The van der Waals surface area contributed by atoms with Crippen LogP contribution < -0.4 is 0 Å². The van der Waals surface area contributed by atoms with Crippen LogP contribution in [0.4, 0.5) is 0 Å². The lowest BCUT2D eigenvalue weighted by Crippen LogP contribution is -1.96. The number of aliphatic carboxylic acids is 1. The van der Waals surface area contributed by atoms with Crippen molar-refractivity contribution in [1.29, 1.82) is 0 Å². The number of hydrogen-bond donors (Lipinski definition) is 2. The minimum absolute atomic E-state index is 0.155. The molecule has 0 aliphatic heterocycles. The molecule has 0 aliphatic carbocycles. The van der Waals surface area contributed by atoms with E-state index >= 15 is 0 Å². The molecule has 1 heterocycles. The monoisotopic (exact) mass is 231 g/mol. The number of rotatable bonds is 4. The van der Waals surface area contributed by atoms with Crippen molar-refractivity contribution < 1.29 is 15.0 Å². The zero-order valence-electron chi connectivity index (χ0n) is 9.26. The summed E-state index contributed by atoms with van der Waals surface area (Å²) in [6.07, 6.45) is 3.05. The predicted octanol–water partition coefficient (Wildman–Crippen LogP) is 2.35. The molecule has 1 aromatic carbocycles. The van der Waals surface area contributed by atoms with E-state index in [1.165, 1.54) is 0 Å². The molecule has 0 fully saturated rings. The van der Waals surface area contributed by atoms with E-state index in [4.69, 9.17) is 5.11 Å². The fourth-order valence-corrected chi connectivity index (χ4v) is 1.86. The molecule has 1 aromatic heterocycles. The summed E-state index contributed by atoms with van der Waals surface area (Å²) in [6.45, 7) is 0. The Hall–Kier alpha value is -2.10. The number of hydrogen-bond acceptors (Lipinski definition) is 3. The first-order chi connectivity index (χ1) is 8.18. The molecular weight excluding hydrogens is 218 g/mol. The van der Waals surface area contributed by atoms with E-state index in [0.29, 0.717) is 18.4 Å². The van der Waals surface area contributed by atoms with E-state index in [9.17, 15) is 9.90 Å². The van der Waals surface area contributed by atoms with Crippen LogP contribution in [0.25, 0.3) is 10.9 Å². The highest BCUT2D eigenvalue weighted by atomic mass is 16.4. The van der Waals surface area contributed by atoms with Gasteiger partial charge in [0, 0.05) is 18.0 Å². The highest BCUT2D eigenvalue weighted by Gasteiger charge is 2.06. The summed E-state index contributed by atoms with van der Waals surface area (Å²) in [6, 6.07) is 7.12. The number of phenolic OH excluding ortho intramolecular Hbond substituents is 1. The molecule has 0 unspecified atom stereocenters. The van der Waals surface area contributed by atoms with Crippen LogP contribution in [0, 0.1) is 0 Å². The van der Waals surface area contributed by atoms with Gasteiger partial charge in [0.1, 0.15) is 11.3 Å². The lowest BCUT2D eigenvalue weighted by atomic mass is 10.0. The van der Waals surface area contributed by atoms with E-state index in [-0.39, 0.29) is 12.2 Å². The van der Waals surface area contributed by atoms with E-state index in [1.54, 1.807) is 12.3 Å². The normalized spacial score (nSPS) is 10.6. The third kappa shape index (κ3) is 2.53. The van der Waals surface area contributed by atoms with Gasteiger partial charge in [-0.2, -0.15) is 0 Å². The second-order valence-electron chi connectivity index (χ2n) is 3.89. The van der Waals surface area contributed by atoms with Crippen LogP contribution in [0.3, 0.4) is 0 Å². The van der Waals surface area contributed by atoms with Crippen molar-refractivity contribution in [2.75, 3.05) is 0 Å². The Kier molecular flexibility index (Phi) is 3.23. The zero-order chi connectivity index (χ0) is 12.3. The van der Waals surface area contributed by atoms with Gasteiger partial charge in [0.2, 0.25) is 0 Å². The summed E-state index contributed by atoms with van der Waals surface area (Å²) in [5.74, 6) is -0.631. The number of pyridine rings is 1. The quantitative estimate of drug-likeness (QED) is 0.847.